The minimum atomic E-state index is 0.196. The van der Waals surface area contributed by atoms with Gasteiger partial charge in [0.2, 0.25) is 0 Å². The second-order valence-electron chi connectivity index (χ2n) is 13.1. The van der Waals surface area contributed by atoms with E-state index in [1.165, 1.54) is 22.3 Å². The van der Waals surface area contributed by atoms with E-state index in [0.717, 1.165) is 37.3 Å². The SMILES string of the molecule is CC(=O)Cc1ccc(COC(C)C)cc1.CC(C)OCc1ccc(CN(C)C)cc1.CCN(CC)Cc1ccc(COC(C)C)cc1. The van der Waals surface area contributed by atoms with E-state index in [9.17, 15) is 4.79 Å². The first-order valence-electron chi connectivity index (χ1n) is 17.3. The number of hydrogen-bond donors (Lipinski definition) is 0. The lowest BCUT2D eigenvalue weighted by molar-refractivity contribution is -0.116. The van der Waals surface area contributed by atoms with Gasteiger partial charge in [0.15, 0.2) is 0 Å². The van der Waals surface area contributed by atoms with Crippen molar-refractivity contribution in [2.24, 2.45) is 0 Å². The van der Waals surface area contributed by atoms with Crippen LogP contribution in [0.1, 0.15) is 95.7 Å². The van der Waals surface area contributed by atoms with Crippen LogP contribution >= 0.6 is 0 Å². The predicted molar refractivity (Wildman–Crippen MR) is 198 cm³/mol. The molecule has 0 saturated heterocycles. The van der Waals surface area contributed by atoms with E-state index in [0.29, 0.717) is 38.4 Å². The molecule has 0 N–H and O–H groups in total. The van der Waals surface area contributed by atoms with Gasteiger partial charge >= 0.3 is 0 Å². The van der Waals surface area contributed by atoms with E-state index in [-0.39, 0.29) is 11.9 Å². The van der Waals surface area contributed by atoms with Gasteiger partial charge in [0, 0.05) is 19.5 Å². The summed E-state index contributed by atoms with van der Waals surface area (Å²) in [5, 5.41) is 0. The Morgan fingerprint density at radius 3 is 1.11 bits per heavy atom. The number of nitrogens with zero attached hydrogens (tertiary/aromatic N) is 2. The molecule has 0 fully saturated rings. The van der Waals surface area contributed by atoms with Crippen LogP contribution in [-0.2, 0) is 58.3 Å². The van der Waals surface area contributed by atoms with Crippen LogP contribution in [0.15, 0.2) is 72.8 Å². The van der Waals surface area contributed by atoms with Crippen molar-refractivity contribution in [1.82, 2.24) is 9.80 Å². The summed E-state index contributed by atoms with van der Waals surface area (Å²) in [5.74, 6) is 0.196. The van der Waals surface area contributed by atoms with E-state index in [1.807, 2.05) is 38.1 Å². The van der Waals surface area contributed by atoms with Crippen molar-refractivity contribution >= 4 is 5.78 Å². The number of carbonyl (C=O) groups is 1. The van der Waals surface area contributed by atoms with Gasteiger partial charge in [-0.25, -0.2) is 0 Å². The lowest BCUT2D eigenvalue weighted by Crippen LogP contribution is -2.22. The first-order chi connectivity index (χ1) is 22.3. The molecule has 3 aromatic carbocycles. The number of ketones is 1. The summed E-state index contributed by atoms with van der Waals surface area (Å²) in [5.41, 5.74) is 7.43. The maximum Gasteiger partial charge on any atom is 0.134 e. The van der Waals surface area contributed by atoms with E-state index in [4.69, 9.17) is 14.2 Å². The molecule has 0 aliphatic rings. The zero-order valence-corrected chi connectivity index (χ0v) is 31.3. The molecule has 0 atom stereocenters. The molecule has 0 heterocycles. The monoisotopic (exact) mass is 648 g/mol. The summed E-state index contributed by atoms with van der Waals surface area (Å²) in [6.07, 6.45) is 1.37. The van der Waals surface area contributed by atoms with Crippen molar-refractivity contribution in [3.63, 3.8) is 0 Å². The molecular weight excluding hydrogens is 584 g/mol. The first-order valence-corrected chi connectivity index (χ1v) is 17.3. The molecule has 3 aromatic rings. The summed E-state index contributed by atoms with van der Waals surface area (Å²) >= 11 is 0. The van der Waals surface area contributed by atoms with Gasteiger partial charge in [0.25, 0.3) is 0 Å². The Morgan fingerprint density at radius 1 is 0.532 bits per heavy atom. The van der Waals surface area contributed by atoms with Crippen LogP contribution in [0.5, 0.6) is 0 Å². The molecule has 0 bridgehead atoms. The molecule has 262 valence electrons. The molecule has 47 heavy (non-hydrogen) atoms. The van der Waals surface area contributed by atoms with Crippen molar-refractivity contribution in [3.05, 3.63) is 106 Å². The fourth-order valence-corrected chi connectivity index (χ4v) is 4.38. The van der Waals surface area contributed by atoms with E-state index >= 15 is 0 Å². The molecular formula is C41H64N2O4. The Morgan fingerprint density at radius 2 is 0.830 bits per heavy atom. The van der Waals surface area contributed by atoms with Gasteiger partial charge < -0.3 is 19.1 Å². The highest BCUT2D eigenvalue weighted by atomic mass is 16.5. The zero-order chi connectivity index (χ0) is 35.2. The fraction of sp³-hybridized carbons (Fsp3) is 0.537. The summed E-state index contributed by atoms with van der Waals surface area (Å²) < 4.78 is 16.6. The quantitative estimate of drug-likeness (QED) is 0.146. The Kier molecular flexibility index (Phi) is 21.8. The standard InChI is InChI=1S/C15H25NO.C13H21NO.C13H18O2/c1-5-16(6-2)11-14-7-9-15(10-8-14)12-17-13(3)4;1-11(2)15-10-13-7-5-12(6-8-13)9-14(3)4;1-10(2)15-9-13-6-4-12(5-7-13)8-11(3)14/h7-10,13H,5-6,11-12H2,1-4H3;5-8,11H,9-10H2,1-4H3;4-7,10H,8-9H2,1-3H3. The number of hydrogen-bond acceptors (Lipinski definition) is 6. The van der Waals surface area contributed by atoms with Crippen molar-refractivity contribution in [3.8, 4) is 0 Å². The maximum atomic E-state index is 10.9. The van der Waals surface area contributed by atoms with Gasteiger partial charge in [-0.1, -0.05) is 86.6 Å². The lowest BCUT2D eigenvalue weighted by atomic mass is 10.1. The Hall–Kier alpha value is -2.87. The van der Waals surface area contributed by atoms with Crippen LogP contribution < -0.4 is 0 Å². The smallest absolute Gasteiger partial charge is 0.134 e. The molecule has 0 spiro atoms. The van der Waals surface area contributed by atoms with Crippen molar-refractivity contribution < 1.29 is 19.0 Å². The van der Waals surface area contributed by atoms with Crippen molar-refractivity contribution in [2.45, 2.75) is 120 Å². The number of rotatable bonds is 17. The molecule has 0 aliphatic heterocycles. The van der Waals surface area contributed by atoms with Crippen LogP contribution in [0.4, 0.5) is 0 Å². The van der Waals surface area contributed by atoms with Crippen LogP contribution in [0.3, 0.4) is 0 Å². The van der Waals surface area contributed by atoms with Crippen LogP contribution in [0, 0.1) is 0 Å². The predicted octanol–water partition coefficient (Wildman–Crippen LogP) is 8.87. The maximum absolute atomic E-state index is 10.9. The fourth-order valence-electron chi connectivity index (χ4n) is 4.38. The first kappa shape index (κ1) is 42.2. The molecule has 0 radical (unpaired) electrons. The van der Waals surface area contributed by atoms with E-state index < -0.39 is 0 Å². The van der Waals surface area contributed by atoms with Crippen molar-refractivity contribution in [2.75, 3.05) is 27.2 Å². The Balaban J connectivity index is 0.000000353. The molecule has 6 heteroatoms. The number of Topliss-reactive ketones (excluding diaryl/α,β-unsaturated/α-hetero) is 1. The van der Waals surface area contributed by atoms with Gasteiger partial charge in [0.05, 0.1) is 38.1 Å². The third kappa shape index (κ3) is 21.6. The number of benzene rings is 3. The number of carbonyl (C=O) groups excluding carboxylic acids is 1. The minimum absolute atomic E-state index is 0.196. The summed E-state index contributed by atoms with van der Waals surface area (Å²) in [6, 6.07) is 25.4. The highest BCUT2D eigenvalue weighted by Crippen LogP contribution is 2.11. The summed E-state index contributed by atoms with van der Waals surface area (Å²) in [7, 11) is 4.16. The normalized spacial score (nSPS) is 11.1. The molecule has 0 aliphatic carbocycles. The molecule has 6 nitrogen and oxygen atoms in total. The largest absolute Gasteiger partial charge is 0.374 e. The molecule has 0 unspecified atom stereocenters. The molecule has 0 saturated carbocycles. The summed E-state index contributed by atoms with van der Waals surface area (Å²) in [4.78, 5) is 15.5. The van der Waals surface area contributed by atoms with Crippen molar-refractivity contribution in [1.29, 1.82) is 0 Å². The molecule has 3 rings (SSSR count). The topological polar surface area (TPSA) is 51.2 Å². The van der Waals surface area contributed by atoms with Gasteiger partial charge in [-0.3, -0.25) is 9.69 Å². The van der Waals surface area contributed by atoms with Gasteiger partial charge in [-0.05, 0) is 109 Å². The second-order valence-corrected chi connectivity index (χ2v) is 13.1. The van der Waals surface area contributed by atoms with Gasteiger partial charge in [0.1, 0.15) is 5.78 Å². The summed E-state index contributed by atoms with van der Waals surface area (Å²) in [6.45, 7) is 24.6. The van der Waals surface area contributed by atoms with Gasteiger partial charge in [-0.15, -0.1) is 0 Å². The highest BCUT2D eigenvalue weighted by Gasteiger charge is 2.03. The minimum Gasteiger partial charge on any atom is -0.374 e. The second kappa shape index (κ2) is 24.3. The van der Waals surface area contributed by atoms with E-state index in [2.05, 4.69) is 114 Å². The average Bonchev–Trinajstić information content (AvgIpc) is 3.02. The Bertz CT molecular complexity index is 1200. The molecule has 0 amide bonds. The average molecular weight is 649 g/mol. The third-order valence-corrected chi connectivity index (χ3v) is 7.07. The Labute approximate surface area is 287 Å². The van der Waals surface area contributed by atoms with Crippen LogP contribution in [0.2, 0.25) is 0 Å². The highest BCUT2D eigenvalue weighted by molar-refractivity contribution is 5.78. The van der Waals surface area contributed by atoms with Crippen LogP contribution in [-0.4, -0.2) is 61.1 Å². The van der Waals surface area contributed by atoms with E-state index in [1.54, 1.807) is 6.92 Å². The lowest BCUT2D eigenvalue weighted by Gasteiger charge is -2.18. The van der Waals surface area contributed by atoms with Gasteiger partial charge in [-0.2, -0.15) is 0 Å². The zero-order valence-electron chi connectivity index (χ0n) is 31.3. The van der Waals surface area contributed by atoms with Crippen LogP contribution in [0.25, 0.3) is 0 Å². The molecule has 0 aromatic heterocycles. The number of ether oxygens (including phenoxy) is 3. The third-order valence-electron chi connectivity index (χ3n) is 7.07.